The number of hydrogen-bond donors (Lipinski definition) is 1. The first-order valence-corrected chi connectivity index (χ1v) is 6.85. The molecular formula is C13H28N2O. The molecule has 0 amide bonds. The summed E-state index contributed by atoms with van der Waals surface area (Å²) in [5.41, 5.74) is 0. The second kappa shape index (κ2) is 8.97. The summed E-state index contributed by atoms with van der Waals surface area (Å²) in [7, 11) is 2.04. The van der Waals surface area contributed by atoms with Gasteiger partial charge >= 0.3 is 0 Å². The van der Waals surface area contributed by atoms with Crippen LogP contribution in [0.5, 0.6) is 0 Å². The van der Waals surface area contributed by atoms with Crippen molar-refractivity contribution >= 4 is 0 Å². The highest BCUT2D eigenvalue weighted by molar-refractivity contribution is 4.77. The van der Waals surface area contributed by atoms with Gasteiger partial charge in [-0.05, 0) is 45.8 Å². The van der Waals surface area contributed by atoms with E-state index in [1.165, 1.54) is 32.2 Å². The molecule has 0 aromatic carbocycles. The van der Waals surface area contributed by atoms with Gasteiger partial charge in [-0.3, -0.25) is 4.90 Å². The Kier molecular flexibility index (Phi) is 7.81. The molecule has 1 N–H and O–H groups in total. The summed E-state index contributed by atoms with van der Waals surface area (Å²) in [6, 6.07) is 0.784. The second-order valence-corrected chi connectivity index (χ2v) is 4.69. The fraction of sp³-hybridized carbons (Fsp3) is 1.00. The minimum absolute atomic E-state index is 0.784. The van der Waals surface area contributed by atoms with Crippen LogP contribution in [0, 0.1) is 0 Å². The molecule has 16 heavy (non-hydrogen) atoms. The standard InChI is InChI=1S/C13H28N2O/c1-3-11-16-12-10-15-9-5-4-6-13(15)7-8-14-2/h13-14H,3-12H2,1-2H3. The molecule has 1 fully saturated rings. The molecule has 3 heteroatoms. The Balaban J connectivity index is 2.18. The third kappa shape index (κ3) is 5.28. The molecule has 0 aromatic heterocycles. The first-order valence-electron chi connectivity index (χ1n) is 6.85. The molecule has 0 aromatic rings. The molecule has 1 unspecified atom stereocenters. The average Bonchev–Trinajstić information content (AvgIpc) is 2.33. The molecule has 1 aliphatic heterocycles. The average molecular weight is 228 g/mol. The van der Waals surface area contributed by atoms with E-state index in [2.05, 4.69) is 17.1 Å². The van der Waals surface area contributed by atoms with Crippen LogP contribution in [0.1, 0.15) is 39.0 Å². The maximum absolute atomic E-state index is 5.58. The molecule has 0 spiro atoms. The third-order valence-corrected chi connectivity index (χ3v) is 3.35. The summed E-state index contributed by atoms with van der Waals surface area (Å²) in [5, 5.41) is 3.25. The highest BCUT2D eigenvalue weighted by Crippen LogP contribution is 2.18. The van der Waals surface area contributed by atoms with E-state index in [-0.39, 0.29) is 0 Å². The van der Waals surface area contributed by atoms with Crippen LogP contribution in [-0.4, -0.2) is 50.8 Å². The molecule has 0 aliphatic carbocycles. The van der Waals surface area contributed by atoms with E-state index >= 15 is 0 Å². The van der Waals surface area contributed by atoms with Crippen LogP contribution >= 0.6 is 0 Å². The molecule has 96 valence electrons. The summed E-state index contributed by atoms with van der Waals surface area (Å²) in [5.74, 6) is 0. The van der Waals surface area contributed by atoms with Crippen molar-refractivity contribution in [3.8, 4) is 0 Å². The van der Waals surface area contributed by atoms with Gasteiger partial charge in [-0.15, -0.1) is 0 Å². The van der Waals surface area contributed by atoms with Crippen molar-refractivity contribution < 1.29 is 4.74 Å². The van der Waals surface area contributed by atoms with Gasteiger partial charge in [-0.25, -0.2) is 0 Å². The van der Waals surface area contributed by atoms with Crippen molar-refractivity contribution in [2.45, 2.75) is 45.1 Å². The highest BCUT2D eigenvalue weighted by atomic mass is 16.5. The minimum Gasteiger partial charge on any atom is -0.380 e. The first kappa shape index (κ1) is 13.9. The summed E-state index contributed by atoms with van der Waals surface area (Å²) < 4.78 is 5.58. The zero-order chi connectivity index (χ0) is 11.6. The van der Waals surface area contributed by atoms with Crippen LogP contribution in [0.4, 0.5) is 0 Å². The minimum atomic E-state index is 0.784. The maximum Gasteiger partial charge on any atom is 0.0593 e. The van der Waals surface area contributed by atoms with Gasteiger partial charge in [0.05, 0.1) is 6.61 Å². The molecule has 0 saturated carbocycles. The van der Waals surface area contributed by atoms with Gasteiger partial charge in [-0.1, -0.05) is 13.3 Å². The Hall–Kier alpha value is -0.120. The zero-order valence-electron chi connectivity index (χ0n) is 11.0. The number of ether oxygens (including phenoxy) is 1. The van der Waals surface area contributed by atoms with Gasteiger partial charge in [0.1, 0.15) is 0 Å². The Morgan fingerprint density at radius 1 is 1.31 bits per heavy atom. The summed E-state index contributed by atoms with van der Waals surface area (Å²) in [6.07, 6.45) is 6.55. The molecule has 1 saturated heterocycles. The normalized spacial score (nSPS) is 22.5. The lowest BCUT2D eigenvalue weighted by molar-refractivity contribution is 0.0694. The lowest BCUT2D eigenvalue weighted by Gasteiger charge is -2.35. The van der Waals surface area contributed by atoms with E-state index in [0.717, 1.165) is 38.8 Å². The van der Waals surface area contributed by atoms with Crippen molar-refractivity contribution in [2.75, 3.05) is 39.9 Å². The summed E-state index contributed by atoms with van der Waals surface area (Å²) in [4.78, 5) is 2.62. The van der Waals surface area contributed by atoms with Crippen molar-refractivity contribution in [1.82, 2.24) is 10.2 Å². The third-order valence-electron chi connectivity index (χ3n) is 3.35. The predicted octanol–water partition coefficient (Wildman–Crippen LogP) is 1.88. The molecule has 0 radical (unpaired) electrons. The number of hydrogen-bond acceptors (Lipinski definition) is 3. The fourth-order valence-corrected chi connectivity index (χ4v) is 2.42. The number of likely N-dealkylation sites (tertiary alicyclic amines) is 1. The Labute approximate surface area is 101 Å². The Morgan fingerprint density at radius 2 is 2.19 bits per heavy atom. The van der Waals surface area contributed by atoms with Gasteiger partial charge in [0.15, 0.2) is 0 Å². The quantitative estimate of drug-likeness (QED) is 0.642. The SMILES string of the molecule is CCCOCCN1CCCCC1CCNC. The van der Waals surface area contributed by atoms with Gasteiger partial charge in [-0.2, -0.15) is 0 Å². The molecule has 3 nitrogen and oxygen atoms in total. The van der Waals surface area contributed by atoms with Crippen LogP contribution in [0.2, 0.25) is 0 Å². The van der Waals surface area contributed by atoms with Crippen molar-refractivity contribution in [1.29, 1.82) is 0 Å². The summed E-state index contributed by atoms with van der Waals surface area (Å²) in [6.45, 7) is 7.50. The van der Waals surface area contributed by atoms with Gasteiger partial charge in [0.25, 0.3) is 0 Å². The van der Waals surface area contributed by atoms with Crippen LogP contribution in [0.25, 0.3) is 0 Å². The van der Waals surface area contributed by atoms with Crippen molar-refractivity contribution in [3.05, 3.63) is 0 Å². The smallest absolute Gasteiger partial charge is 0.0593 e. The topological polar surface area (TPSA) is 24.5 Å². The molecule has 0 bridgehead atoms. The van der Waals surface area contributed by atoms with E-state index in [4.69, 9.17) is 4.74 Å². The Bertz CT molecular complexity index is 164. The monoisotopic (exact) mass is 228 g/mol. The maximum atomic E-state index is 5.58. The zero-order valence-corrected chi connectivity index (χ0v) is 11.0. The number of rotatable bonds is 8. The van der Waals surface area contributed by atoms with Crippen molar-refractivity contribution in [3.63, 3.8) is 0 Å². The van der Waals surface area contributed by atoms with Crippen LogP contribution in [-0.2, 0) is 4.74 Å². The Morgan fingerprint density at radius 3 is 2.94 bits per heavy atom. The molecule has 1 atom stereocenters. The van der Waals surface area contributed by atoms with Crippen LogP contribution in [0.3, 0.4) is 0 Å². The predicted molar refractivity (Wildman–Crippen MR) is 68.9 cm³/mol. The molecular weight excluding hydrogens is 200 g/mol. The molecule has 1 aliphatic rings. The van der Waals surface area contributed by atoms with E-state index in [1.54, 1.807) is 0 Å². The van der Waals surface area contributed by atoms with E-state index in [1.807, 2.05) is 7.05 Å². The van der Waals surface area contributed by atoms with E-state index in [0.29, 0.717) is 0 Å². The molecule has 1 heterocycles. The lowest BCUT2D eigenvalue weighted by atomic mass is 9.99. The van der Waals surface area contributed by atoms with Crippen LogP contribution < -0.4 is 5.32 Å². The van der Waals surface area contributed by atoms with E-state index < -0.39 is 0 Å². The number of nitrogens with one attached hydrogen (secondary N) is 1. The van der Waals surface area contributed by atoms with Gasteiger partial charge in [0.2, 0.25) is 0 Å². The van der Waals surface area contributed by atoms with Gasteiger partial charge in [0, 0.05) is 19.2 Å². The van der Waals surface area contributed by atoms with Crippen LogP contribution in [0.15, 0.2) is 0 Å². The van der Waals surface area contributed by atoms with E-state index in [9.17, 15) is 0 Å². The largest absolute Gasteiger partial charge is 0.380 e. The van der Waals surface area contributed by atoms with Crippen molar-refractivity contribution in [2.24, 2.45) is 0 Å². The summed E-state index contributed by atoms with van der Waals surface area (Å²) >= 11 is 0. The fourth-order valence-electron chi connectivity index (χ4n) is 2.42. The highest BCUT2D eigenvalue weighted by Gasteiger charge is 2.21. The second-order valence-electron chi connectivity index (χ2n) is 4.69. The lowest BCUT2D eigenvalue weighted by Crippen LogP contribution is -2.42. The van der Waals surface area contributed by atoms with Gasteiger partial charge < -0.3 is 10.1 Å². The number of nitrogens with zero attached hydrogens (tertiary/aromatic N) is 1. The first-order chi connectivity index (χ1) is 7.88. The number of piperidine rings is 1. The molecule has 1 rings (SSSR count).